The summed E-state index contributed by atoms with van der Waals surface area (Å²) < 4.78 is 18.3. The first kappa shape index (κ1) is 20.8. The van der Waals surface area contributed by atoms with Crippen LogP contribution in [0.3, 0.4) is 0 Å². The maximum absolute atomic E-state index is 12.7. The number of nitrogens with one attached hydrogen (secondary N) is 1. The minimum absolute atomic E-state index is 0.00481. The van der Waals surface area contributed by atoms with E-state index < -0.39 is 0 Å². The summed E-state index contributed by atoms with van der Waals surface area (Å²) >= 11 is 0. The zero-order valence-corrected chi connectivity index (χ0v) is 18.7. The van der Waals surface area contributed by atoms with Crippen LogP contribution in [0.15, 0.2) is 47.0 Å². The fourth-order valence-corrected chi connectivity index (χ4v) is 4.08. The molecule has 0 radical (unpaired) electrons. The number of benzene rings is 1. The lowest BCUT2D eigenvalue weighted by molar-refractivity contribution is -0.00386. The predicted molar refractivity (Wildman–Crippen MR) is 124 cm³/mol. The molecule has 2 aliphatic heterocycles. The maximum Gasteiger partial charge on any atom is 0.287 e. The van der Waals surface area contributed by atoms with E-state index in [-0.39, 0.29) is 17.7 Å². The molecule has 34 heavy (non-hydrogen) atoms. The lowest BCUT2D eigenvalue weighted by Crippen LogP contribution is -2.48. The minimum atomic E-state index is -0.290. The van der Waals surface area contributed by atoms with Gasteiger partial charge in [-0.25, -0.2) is 9.67 Å². The van der Waals surface area contributed by atoms with Gasteiger partial charge >= 0.3 is 0 Å². The Kier molecular flexibility index (Phi) is 5.23. The van der Waals surface area contributed by atoms with Gasteiger partial charge in [0.1, 0.15) is 5.52 Å². The number of anilines is 1. The number of aryl methyl sites for hydroxylation is 1. The van der Waals surface area contributed by atoms with Crippen molar-refractivity contribution >= 4 is 22.8 Å². The van der Waals surface area contributed by atoms with Gasteiger partial charge in [0, 0.05) is 30.9 Å². The Bertz CT molecular complexity index is 1350. The molecule has 2 saturated heterocycles. The normalized spacial score (nSPS) is 16.6. The molecule has 10 heteroatoms. The summed E-state index contributed by atoms with van der Waals surface area (Å²) in [6.45, 7) is 5.60. The quantitative estimate of drug-likeness (QED) is 0.484. The number of hydrogen-bond acceptors (Lipinski definition) is 8. The highest BCUT2D eigenvalue weighted by atomic mass is 16.5. The Morgan fingerprint density at radius 3 is 2.71 bits per heavy atom. The summed E-state index contributed by atoms with van der Waals surface area (Å²) in [5.74, 6) is 0.945. The highest BCUT2D eigenvalue weighted by molar-refractivity contribution is 5.97. The molecule has 10 nitrogen and oxygen atoms in total. The van der Waals surface area contributed by atoms with Crippen LogP contribution in [0, 0.1) is 6.92 Å². The van der Waals surface area contributed by atoms with E-state index in [9.17, 15) is 4.79 Å². The van der Waals surface area contributed by atoms with Gasteiger partial charge in [-0.3, -0.25) is 4.79 Å². The fraction of sp³-hybridized carbons (Fsp3) is 0.333. The van der Waals surface area contributed by atoms with Gasteiger partial charge < -0.3 is 24.1 Å². The number of hydrogen-bond donors (Lipinski definition) is 1. The molecule has 2 aliphatic rings. The first-order chi connectivity index (χ1) is 16.6. The van der Waals surface area contributed by atoms with Crippen molar-refractivity contribution in [3.05, 3.63) is 53.9 Å². The molecule has 5 heterocycles. The third-order valence-corrected chi connectivity index (χ3v) is 5.96. The second-order valence-corrected chi connectivity index (χ2v) is 8.49. The molecule has 6 rings (SSSR count). The molecule has 174 valence electrons. The number of furan rings is 1. The van der Waals surface area contributed by atoms with Gasteiger partial charge in [-0.2, -0.15) is 10.1 Å². The van der Waals surface area contributed by atoms with Gasteiger partial charge in [-0.05, 0) is 19.1 Å². The van der Waals surface area contributed by atoms with Crippen molar-refractivity contribution in [2.24, 2.45) is 0 Å². The number of fused-ring (bicyclic) bond motifs is 1. The van der Waals surface area contributed by atoms with Crippen LogP contribution < -0.4 is 10.2 Å². The van der Waals surface area contributed by atoms with Crippen molar-refractivity contribution in [2.75, 3.05) is 44.4 Å². The highest BCUT2D eigenvalue weighted by Gasteiger charge is 2.26. The SMILES string of the molecule is Cc1cccc(-c2ccn(-c3nc(N4CCOCC4)c4oc(C(=O)NC5COC5)cc4n3)n2)c1. The summed E-state index contributed by atoms with van der Waals surface area (Å²) in [5.41, 5.74) is 4.04. The molecule has 3 aromatic heterocycles. The Balaban J connectivity index is 1.40. The van der Waals surface area contributed by atoms with E-state index in [1.165, 1.54) is 0 Å². The van der Waals surface area contributed by atoms with E-state index in [1.54, 1.807) is 10.7 Å². The van der Waals surface area contributed by atoms with E-state index >= 15 is 0 Å². The number of morpholine rings is 1. The van der Waals surface area contributed by atoms with Crippen LogP contribution in [0.1, 0.15) is 16.1 Å². The molecule has 2 fully saturated rings. The number of nitrogens with zero attached hydrogens (tertiary/aromatic N) is 5. The fourth-order valence-electron chi connectivity index (χ4n) is 4.08. The number of amides is 1. The molecule has 1 aromatic carbocycles. The van der Waals surface area contributed by atoms with Gasteiger partial charge in [-0.15, -0.1) is 0 Å². The second kappa shape index (κ2) is 8.54. The standard InChI is InChI=1S/C24H24N6O4/c1-15-3-2-4-16(11-15)18-5-6-30(28-18)24-26-19-12-20(23(31)25-17-13-33-14-17)34-21(19)22(27-24)29-7-9-32-10-8-29/h2-6,11-12,17H,7-10,13-14H2,1H3,(H,25,31). The van der Waals surface area contributed by atoms with Crippen LogP contribution >= 0.6 is 0 Å². The summed E-state index contributed by atoms with van der Waals surface area (Å²) in [4.78, 5) is 24.2. The molecule has 1 N–H and O–H groups in total. The van der Waals surface area contributed by atoms with Gasteiger partial charge in [0.05, 0.1) is 38.2 Å². The van der Waals surface area contributed by atoms with Crippen molar-refractivity contribution < 1.29 is 18.7 Å². The average molecular weight is 460 g/mol. The first-order valence-corrected chi connectivity index (χ1v) is 11.3. The van der Waals surface area contributed by atoms with E-state index in [0.717, 1.165) is 16.8 Å². The zero-order chi connectivity index (χ0) is 23.1. The Hall–Kier alpha value is -3.76. The Morgan fingerprint density at radius 2 is 1.94 bits per heavy atom. The van der Waals surface area contributed by atoms with Crippen LogP contribution in [0.25, 0.3) is 28.3 Å². The largest absolute Gasteiger partial charge is 0.445 e. The van der Waals surface area contributed by atoms with E-state index in [4.69, 9.17) is 24.0 Å². The molecule has 0 saturated carbocycles. The van der Waals surface area contributed by atoms with Crippen LogP contribution in [0.5, 0.6) is 0 Å². The summed E-state index contributed by atoms with van der Waals surface area (Å²) in [6.07, 6.45) is 1.84. The Morgan fingerprint density at radius 1 is 1.09 bits per heavy atom. The van der Waals surface area contributed by atoms with E-state index in [2.05, 4.69) is 34.3 Å². The van der Waals surface area contributed by atoms with Crippen molar-refractivity contribution in [3.63, 3.8) is 0 Å². The summed E-state index contributed by atoms with van der Waals surface area (Å²) in [6, 6.07) is 11.8. The van der Waals surface area contributed by atoms with Crippen molar-refractivity contribution in [2.45, 2.75) is 13.0 Å². The van der Waals surface area contributed by atoms with Gasteiger partial charge in [0.2, 0.25) is 0 Å². The minimum Gasteiger partial charge on any atom is -0.445 e. The maximum atomic E-state index is 12.7. The summed E-state index contributed by atoms with van der Waals surface area (Å²) in [7, 11) is 0. The topological polar surface area (TPSA) is 108 Å². The number of rotatable bonds is 5. The molecular weight excluding hydrogens is 436 g/mol. The first-order valence-electron chi connectivity index (χ1n) is 11.3. The average Bonchev–Trinajstić information content (AvgIpc) is 3.49. The lowest BCUT2D eigenvalue weighted by Gasteiger charge is -2.27. The Labute approximate surface area is 195 Å². The van der Waals surface area contributed by atoms with Gasteiger partial charge in [-0.1, -0.05) is 23.8 Å². The number of carbonyl (C=O) groups excluding carboxylic acids is 1. The number of aromatic nitrogens is 4. The molecule has 0 atom stereocenters. The summed E-state index contributed by atoms with van der Waals surface area (Å²) in [5, 5.41) is 7.62. The molecule has 1 amide bonds. The molecule has 0 unspecified atom stereocenters. The monoisotopic (exact) mass is 460 g/mol. The number of ether oxygens (including phenoxy) is 2. The lowest BCUT2D eigenvalue weighted by atomic mass is 10.1. The second-order valence-electron chi connectivity index (χ2n) is 8.49. The molecule has 4 aromatic rings. The molecule has 0 bridgehead atoms. The van der Waals surface area contributed by atoms with Crippen molar-refractivity contribution in [3.8, 4) is 17.2 Å². The molecule has 0 spiro atoms. The van der Waals surface area contributed by atoms with Crippen LogP contribution in [-0.2, 0) is 9.47 Å². The smallest absolute Gasteiger partial charge is 0.287 e. The van der Waals surface area contributed by atoms with Crippen LogP contribution in [0.2, 0.25) is 0 Å². The van der Waals surface area contributed by atoms with Crippen molar-refractivity contribution in [1.29, 1.82) is 0 Å². The third kappa shape index (κ3) is 3.91. The highest BCUT2D eigenvalue weighted by Crippen LogP contribution is 2.29. The molecule has 0 aliphatic carbocycles. The van der Waals surface area contributed by atoms with Crippen LogP contribution in [-0.4, -0.2) is 71.2 Å². The van der Waals surface area contributed by atoms with Gasteiger partial charge in [0.15, 0.2) is 17.2 Å². The van der Waals surface area contributed by atoms with Gasteiger partial charge in [0.25, 0.3) is 11.9 Å². The van der Waals surface area contributed by atoms with Crippen molar-refractivity contribution in [1.82, 2.24) is 25.1 Å². The van der Waals surface area contributed by atoms with E-state index in [1.807, 2.05) is 24.4 Å². The number of carbonyl (C=O) groups is 1. The van der Waals surface area contributed by atoms with Crippen LogP contribution in [0.4, 0.5) is 5.82 Å². The third-order valence-electron chi connectivity index (χ3n) is 5.96. The van der Waals surface area contributed by atoms with E-state index in [0.29, 0.717) is 62.4 Å². The molecular formula is C24H24N6O4. The zero-order valence-electron chi connectivity index (χ0n) is 18.7. The predicted octanol–water partition coefficient (Wildman–Crippen LogP) is 2.35.